The van der Waals surface area contributed by atoms with E-state index in [2.05, 4.69) is 42.0 Å². The summed E-state index contributed by atoms with van der Waals surface area (Å²) in [6, 6.07) is 12.6. The van der Waals surface area contributed by atoms with Gasteiger partial charge in [-0.2, -0.15) is 0 Å². The second-order valence-corrected chi connectivity index (χ2v) is 9.05. The molecule has 0 unspecified atom stereocenters. The molecule has 0 spiro atoms. The Hall–Kier alpha value is -4.28. The van der Waals surface area contributed by atoms with Gasteiger partial charge in [0.15, 0.2) is 0 Å². The molecule has 2 aromatic heterocycles. The van der Waals surface area contributed by atoms with E-state index in [1.54, 1.807) is 25.4 Å². The normalized spacial score (nSPS) is 14.0. The number of carbonyl (C=O) groups excluding carboxylic acids is 1. The number of fused-ring (bicyclic) bond motifs is 1. The third kappa shape index (κ3) is 5.66. The van der Waals surface area contributed by atoms with E-state index in [4.69, 9.17) is 4.74 Å². The van der Waals surface area contributed by atoms with Gasteiger partial charge in [-0.3, -0.25) is 9.69 Å². The topological polar surface area (TPSA) is 98.4 Å². The molecular formula is C28H30FN7O2. The third-order valence-corrected chi connectivity index (χ3v) is 6.57. The van der Waals surface area contributed by atoms with E-state index < -0.39 is 0 Å². The Balaban J connectivity index is 1.31. The van der Waals surface area contributed by atoms with Crippen LogP contribution >= 0.6 is 0 Å². The predicted octanol–water partition coefficient (Wildman–Crippen LogP) is 4.40. The molecule has 0 atom stereocenters. The molecule has 0 saturated carbocycles. The van der Waals surface area contributed by atoms with Crippen molar-refractivity contribution in [3.63, 3.8) is 0 Å². The Labute approximate surface area is 220 Å². The summed E-state index contributed by atoms with van der Waals surface area (Å²) in [4.78, 5) is 28.3. The summed E-state index contributed by atoms with van der Waals surface area (Å²) < 4.78 is 20.2. The summed E-state index contributed by atoms with van der Waals surface area (Å²) in [6.07, 6.45) is 4.76. The number of amides is 1. The zero-order valence-electron chi connectivity index (χ0n) is 21.2. The first-order valence-electron chi connectivity index (χ1n) is 12.4. The lowest BCUT2D eigenvalue weighted by atomic mass is 10.1. The fraction of sp³-hybridized carbons (Fsp3) is 0.250. The van der Waals surface area contributed by atoms with Gasteiger partial charge in [0.1, 0.15) is 11.3 Å². The molecule has 9 nitrogen and oxygen atoms in total. The lowest BCUT2D eigenvalue weighted by Gasteiger charge is -2.36. The van der Waals surface area contributed by atoms with Crippen LogP contribution in [-0.2, 0) is 9.53 Å². The minimum Gasteiger partial charge on any atom is -0.383 e. The second kappa shape index (κ2) is 11.4. The Bertz CT molecular complexity index is 1450. The van der Waals surface area contributed by atoms with Crippen molar-refractivity contribution in [3.05, 3.63) is 73.3 Å². The molecule has 1 aliphatic heterocycles. The van der Waals surface area contributed by atoms with Gasteiger partial charge in [-0.05, 0) is 42.0 Å². The molecule has 1 saturated heterocycles. The van der Waals surface area contributed by atoms with Crippen LogP contribution in [0.15, 0.2) is 67.5 Å². The van der Waals surface area contributed by atoms with E-state index in [0.717, 1.165) is 49.4 Å². The summed E-state index contributed by atoms with van der Waals surface area (Å²) in [7, 11) is 1.70. The van der Waals surface area contributed by atoms with Crippen molar-refractivity contribution in [2.75, 3.05) is 62.0 Å². The average Bonchev–Trinajstić information content (AvgIpc) is 3.36. The van der Waals surface area contributed by atoms with Gasteiger partial charge < -0.3 is 25.3 Å². The minimum absolute atomic E-state index is 0.280. The quantitative estimate of drug-likeness (QED) is 0.284. The fourth-order valence-electron chi connectivity index (χ4n) is 4.55. The van der Waals surface area contributed by atoms with Crippen LogP contribution in [0.25, 0.3) is 22.2 Å². The second-order valence-electron chi connectivity index (χ2n) is 9.05. The highest BCUT2D eigenvalue weighted by Gasteiger charge is 2.19. The van der Waals surface area contributed by atoms with Crippen LogP contribution in [0.2, 0.25) is 0 Å². The maximum atomic E-state index is 15.1. The van der Waals surface area contributed by atoms with Gasteiger partial charge in [0.25, 0.3) is 0 Å². The number of rotatable bonds is 9. The molecule has 0 bridgehead atoms. The number of halogens is 1. The molecule has 3 heterocycles. The summed E-state index contributed by atoms with van der Waals surface area (Å²) in [5.74, 6) is -0.215. The highest BCUT2D eigenvalue weighted by molar-refractivity contribution is 6.00. The first kappa shape index (κ1) is 25.4. The number of nitrogens with zero attached hydrogens (tertiary/aromatic N) is 4. The molecule has 38 heavy (non-hydrogen) atoms. The number of piperazine rings is 1. The van der Waals surface area contributed by atoms with Crippen molar-refractivity contribution in [3.8, 4) is 11.1 Å². The van der Waals surface area contributed by atoms with Gasteiger partial charge in [0.05, 0.1) is 24.0 Å². The van der Waals surface area contributed by atoms with E-state index in [1.807, 2.05) is 30.5 Å². The van der Waals surface area contributed by atoms with Crippen LogP contribution in [0, 0.1) is 5.82 Å². The lowest BCUT2D eigenvalue weighted by molar-refractivity contribution is -0.111. The summed E-state index contributed by atoms with van der Waals surface area (Å²) in [5, 5.41) is 5.90. The van der Waals surface area contributed by atoms with Gasteiger partial charge >= 0.3 is 0 Å². The third-order valence-electron chi connectivity index (χ3n) is 6.57. The number of nitrogens with one attached hydrogen (secondary N) is 3. The van der Waals surface area contributed by atoms with Gasteiger partial charge in [-0.15, -0.1) is 0 Å². The fourth-order valence-corrected chi connectivity index (χ4v) is 4.55. The number of ether oxygens (including phenoxy) is 1. The van der Waals surface area contributed by atoms with E-state index in [0.29, 0.717) is 35.1 Å². The van der Waals surface area contributed by atoms with Crippen molar-refractivity contribution in [1.82, 2.24) is 19.9 Å². The first-order chi connectivity index (χ1) is 18.5. The summed E-state index contributed by atoms with van der Waals surface area (Å²) in [5.41, 5.74) is 5.01. The molecule has 5 rings (SSSR count). The van der Waals surface area contributed by atoms with E-state index in [-0.39, 0.29) is 11.7 Å². The monoisotopic (exact) mass is 515 g/mol. The molecule has 10 heteroatoms. The highest BCUT2D eigenvalue weighted by atomic mass is 19.1. The van der Waals surface area contributed by atoms with Crippen molar-refractivity contribution < 1.29 is 13.9 Å². The maximum Gasteiger partial charge on any atom is 0.247 e. The average molecular weight is 516 g/mol. The molecule has 4 aromatic rings. The molecule has 196 valence electrons. The molecule has 1 fully saturated rings. The number of anilines is 4. The SMILES string of the molecule is C=CC(=O)Nc1cccc(-c2c[nH]c3cnc(Nc4ccc(N5CCN(CCOC)CC5)c(F)c4)nc23)c1. The predicted molar refractivity (Wildman–Crippen MR) is 148 cm³/mol. The standard InChI is InChI=1S/C28H30FN7O2/c1-3-26(37)32-20-6-4-5-19(15-20)22-17-30-24-18-31-28(34-27(22)24)33-21-7-8-25(23(29)16-21)36-11-9-35(10-12-36)13-14-38-2/h3-8,15-18,30H,1,9-14H2,2H3,(H,32,37)(H,31,33,34). The Kier molecular flexibility index (Phi) is 7.62. The number of aromatic amines is 1. The molecule has 0 aliphatic carbocycles. The molecule has 1 aliphatic rings. The number of aromatic nitrogens is 3. The van der Waals surface area contributed by atoms with Crippen LogP contribution in [-0.4, -0.2) is 72.2 Å². The minimum atomic E-state index is -0.290. The van der Waals surface area contributed by atoms with Crippen LogP contribution in [0.5, 0.6) is 0 Å². The number of hydrogen-bond acceptors (Lipinski definition) is 7. The number of carbonyl (C=O) groups is 1. The van der Waals surface area contributed by atoms with Gasteiger partial charge in [0.2, 0.25) is 11.9 Å². The number of benzene rings is 2. The van der Waals surface area contributed by atoms with Gasteiger partial charge in [0, 0.05) is 63.0 Å². The largest absolute Gasteiger partial charge is 0.383 e. The first-order valence-corrected chi connectivity index (χ1v) is 12.4. The Morgan fingerprint density at radius 1 is 1.18 bits per heavy atom. The highest BCUT2D eigenvalue weighted by Crippen LogP contribution is 2.30. The molecule has 0 radical (unpaired) electrons. The number of methoxy groups -OCH3 is 1. The van der Waals surface area contributed by atoms with Gasteiger partial charge in [-0.1, -0.05) is 18.7 Å². The molecular weight excluding hydrogens is 485 g/mol. The van der Waals surface area contributed by atoms with Crippen molar-refractivity contribution in [2.24, 2.45) is 0 Å². The Morgan fingerprint density at radius 2 is 2.03 bits per heavy atom. The lowest BCUT2D eigenvalue weighted by Crippen LogP contribution is -2.47. The van der Waals surface area contributed by atoms with E-state index in [9.17, 15) is 4.79 Å². The molecule has 3 N–H and O–H groups in total. The number of H-pyrrole nitrogens is 1. The van der Waals surface area contributed by atoms with Crippen LogP contribution in [0.3, 0.4) is 0 Å². The van der Waals surface area contributed by atoms with Crippen molar-refractivity contribution >= 4 is 40.0 Å². The zero-order valence-corrected chi connectivity index (χ0v) is 21.2. The smallest absolute Gasteiger partial charge is 0.247 e. The van der Waals surface area contributed by atoms with Gasteiger partial charge in [-0.25, -0.2) is 14.4 Å². The summed E-state index contributed by atoms with van der Waals surface area (Å²) in [6.45, 7) is 8.36. The summed E-state index contributed by atoms with van der Waals surface area (Å²) >= 11 is 0. The van der Waals surface area contributed by atoms with E-state index in [1.165, 1.54) is 12.1 Å². The van der Waals surface area contributed by atoms with Crippen molar-refractivity contribution in [2.45, 2.75) is 0 Å². The molecule has 1 amide bonds. The zero-order chi connectivity index (χ0) is 26.5. The van der Waals surface area contributed by atoms with Crippen LogP contribution in [0.4, 0.5) is 27.4 Å². The number of hydrogen-bond donors (Lipinski definition) is 3. The van der Waals surface area contributed by atoms with Crippen LogP contribution < -0.4 is 15.5 Å². The van der Waals surface area contributed by atoms with E-state index >= 15 is 4.39 Å². The maximum absolute atomic E-state index is 15.1. The molecule has 2 aromatic carbocycles. The Morgan fingerprint density at radius 3 is 2.79 bits per heavy atom. The van der Waals surface area contributed by atoms with Crippen LogP contribution in [0.1, 0.15) is 0 Å². The van der Waals surface area contributed by atoms with Crippen molar-refractivity contribution in [1.29, 1.82) is 0 Å².